The highest BCUT2D eigenvalue weighted by Gasteiger charge is 2.30. The minimum absolute atomic E-state index is 0.263. The molecular formula is C18H18N2O2. The van der Waals surface area contributed by atoms with Gasteiger partial charge in [-0.2, -0.15) is 0 Å². The lowest BCUT2D eigenvalue weighted by Crippen LogP contribution is -2.26. The van der Waals surface area contributed by atoms with Crippen LogP contribution in [0.3, 0.4) is 0 Å². The van der Waals surface area contributed by atoms with Gasteiger partial charge in [-0.3, -0.25) is 0 Å². The summed E-state index contributed by atoms with van der Waals surface area (Å²) in [6, 6.07) is 19.4. The van der Waals surface area contributed by atoms with Crippen LogP contribution < -0.4 is 0 Å². The zero-order chi connectivity index (χ0) is 15.4. The van der Waals surface area contributed by atoms with Crippen LogP contribution in [0.1, 0.15) is 23.2 Å². The zero-order valence-electron chi connectivity index (χ0n) is 12.6. The normalized spacial score (nSPS) is 20.8. The molecule has 0 aromatic heterocycles. The van der Waals surface area contributed by atoms with Gasteiger partial charge in [0.15, 0.2) is 12.1 Å². The van der Waals surface area contributed by atoms with Crippen molar-refractivity contribution in [3.63, 3.8) is 0 Å². The number of ether oxygens (including phenoxy) is 2. The summed E-state index contributed by atoms with van der Waals surface area (Å²) in [5, 5.41) is 0. The Morgan fingerprint density at radius 3 is 1.32 bits per heavy atom. The predicted octanol–water partition coefficient (Wildman–Crippen LogP) is 3.57. The summed E-state index contributed by atoms with van der Waals surface area (Å²) in [4.78, 5) is 9.44. The van der Waals surface area contributed by atoms with Crippen molar-refractivity contribution < 1.29 is 9.47 Å². The van der Waals surface area contributed by atoms with Crippen molar-refractivity contribution in [3.05, 3.63) is 71.8 Å². The number of benzene rings is 2. The van der Waals surface area contributed by atoms with E-state index in [1.165, 1.54) is 0 Å². The molecule has 0 radical (unpaired) electrons. The van der Waals surface area contributed by atoms with Gasteiger partial charge in [0.25, 0.3) is 0 Å². The summed E-state index contributed by atoms with van der Waals surface area (Å²) in [6.07, 6.45) is 0. The van der Waals surface area contributed by atoms with Crippen molar-refractivity contribution in [3.8, 4) is 0 Å². The van der Waals surface area contributed by atoms with Gasteiger partial charge in [0, 0.05) is 0 Å². The fourth-order valence-electron chi connectivity index (χ4n) is 2.54. The maximum atomic E-state index is 5.49. The maximum absolute atomic E-state index is 5.49. The quantitative estimate of drug-likeness (QED) is 0.849. The number of nitrogens with zero attached hydrogens (tertiary/aromatic N) is 2. The fraction of sp³-hybridized carbons (Fsp3) is 0.222. The van der Waals surface area contributed by atoms with E-state index in [0.29, 0.717) is 11.8 Å². The standard InChI is InChI=1S/C18H18N2O2/c1-21-17-15(13-9-5-3-6-10-13)20-18(22-2)16(19-17)14-11-7-4-8-12-14/h3-12,15-16H,1-2H3/t15-,16+. The summed E-state index contributed by atoms with van der Waals surface area (Å²) in [5.41, 5.74) is 2.06. The molecule has 1 aliphatic heterocycles. The minimum atomic E-state index is -0.263. The third-order valence-corrected chi connectivity index (χ3v) is 3.63. The van der Waals surface area contributed by atoms with Crippen molar-refractivity contribution in [2.75, 3.05) is 14.2 Å². The van der Waals surface area contributed by atoms with Crippen molar-refractivity contribution >= 4 is 11.8 Å². The molecule has 0 aliphatic carbocycles. The summed E-state index contributed by atoms with van der Waals surface area (Å²) >= 11 is 0. The second-order valence-corrected chi connectivity index (χ2v) is 4.97. The molecule has 0 amide bonds. The van der Waals surface area contributed by atoms with Crippen LogP contribution in [-0.2, 0) is 9.47 Å². The van der Waals surface area contributed by atoms with E-state index < -0.39 is 0 Å². The number of rotatable bonds is 2. The first kappa shape index (κ1) is 14.3. The zero-order valence-corrected chi connectivity index (χ0v) is 12.6. The predicted molar refractivity (Wildman–Crippen MR) is 87.3 cm³/mol. The van der Waals surface area contributed by atoms with Crippen LogP contribution in [0.25, 0.3) is 0 Å². The van der Waals surface area contributed by atoms with Crippen LogP contribution in [0.5, 0.6) is 0 Å². The molecule has 2 aromatic carbocycles. The molecule has 0 fully saturated rings. The third-order valence-electron chi connectivity index (χ3n) is 3.63. The van der Waals surface area contributed by atoms with Crippen molar-refractivity contribution in [1.29, 1.82) is 0 Å². The summed E-state index contributed by atoms with van der Waals surface area (Å²) in [7, 11) is 3.26. The first-order valence-electron chi connectivity index (χ1n) is 7.16. The van der Waals surface area contributed by atoms with Gasteiger partial charge in [-0.15, -0.1) is 0 Å². The molecule has 1 aliphatic rings. The van der Waals surface area contributed by atoms with Gasteiger partial charge in [-0.1, -0.05) is 60.7 Å². The summed E-state index contributed by atoms with van der Waals surface area (Å²) in [5.74, 6) is 1.20. The molecule has 3 rings (SSSR count). The highest BCUT2D eigenvalue weighted by Crippen LogP contribution is 2.31. The Kier molecular flexibility index (Phi) is 4.19. The van der Waals surface area contributed by atoms with Crippen LogP contribution in [0.2, 0.25) is 0 Å². The fourth-order valence-corrected chi connectivity index (χ4v) is 2.54. The Morgan fingerprint density at radius 1 is 0.636 bits per heavy atom. The molecule has 4 heteroatoms. The van der Waals surface area contributed by atoms with E-state index in [1.54, 1.807) is 14.2 Å². The summed E-state index contributed by atoms with van der Waals surface area (Å²) in [6.45, 7) is 0. The summed E-state index contributed by atoms with van der Waals surface area (Å²) < 4.78 is 11.0. The topological polar surface area (TPSA) is 43.2 Å². The molecular weight excluding hydrogens is 276 g/mol. The Balaban J connectivity index is 2.02. The second kappa shape index (κ2) is 6.43. The SMILES string of the molecule is COC1=N[C@H](c2ccccc2)C(OC)=N[C@H]1c1ccccc1. The van der Waals surface area contributed by atoms with Gasteiger partial charge >= 0.3 is 0 Å². The smallest absolute Gasteiger partial charge is 0.214 e. The van der Waals surface area contributed by atoms with Gasteiger partial charge in [0.2, 0.25) is 11.8 Å². The number of aliphatic imine (C=N–C) groups is 2. The molecule has 0 spiro atoms. The lowest BCUT2D eigenvalue weighted by atomic mass is 10.0. The second-order valence-electron chi connectivity index (χ2n) is 4.97. The molecule has 2 atom stereocenters. The van der Waals surface area contributed by atoms with Crippen LogP contribution in [0.4, 0.5) is 0 Å². The van der Waals surface area contributed by atoms with Gasteiger partial charge in [0.1, 0.15) is 0 Å². The van der Waals surface area contributed by atoms with Crippen LogP contribution in [-0.4, -0.2) is 26.0 Å². The molecule has 2 aromatic rings. The number of methoxy groups -OCH3 is 2. The molecule has 0 bridgehead atoms. The van der Waals surface area contributed by atoms with Gasteiger partial charge in [-0.25, -0.2) is 9.98 Å². The van der Waals surface area contributed by atoms with E-state index in [1.807, 2.05) is 60.7 Å². The first-order valence-corrected chi connectivity index (χ1v) is 7.16. The van der Waals surface area contributed by atoms with Crippen molar-refractivity contribution in [2.45, 2.75) is 12.1 Å². The lowest BCUT2D eigenvalue weighted by molar-refractivity contribution is 0.349. The number of hydrogen-bond acceptors (Lipinski definition) is 4. The Hall–Kier alpha value is -2.62. The first-order chi connectivity index (χ1) is 10.8. The van der Waals surface area contributed by atoms with E-state index in [9.17, 15) is 0 Å². The van der Waals surface area contributed by atoms with E-state index in [4.69, 9.17) is 19.5 Å². The Bertz CT molecular complexity index is 619. The average molecular weight is 294 g/mol. The van der Waals surface area contributed by atoms with Crippen LogP contribution in [0.15, 0.2) is 70.6 Å². The molecule has 112 valence electrons. The molecule has 1 heterocycles. The van der Waals surface area contributed by atoms with Crippen LogP contribution >= 0.6 is 0 Å². The monoisotopic (exact) mass is 294 g/mol. The lowest BCUT2D eigenvalue weighted by Gasteiger charge is -2.25. The third kappa shape index (κ3) is 2.72. The highest BCUT2D eigenvalue weighted by molar-refractivity contribution is 5.95. The van der Waals surface area contributed by atoms with Crippen molar-refractivity contribution in [2.24, 2.45) is 9.98 Å². The van der Waals surface area contributed by atoms with E-state index in [0.717, 1.165) is 11.1 Å². The average Bonchev–Trinajstić information content (AvgIpc) is 2.62. The van der Waals surface area contributed by atoms with Gasteiger partial charge in [0.05, 0.1) is 14.2 Å². The minimum Gasteiger partial charge on any atom is -0.482 e. The van der Waals surface area contributed by atoms with Gasteiger partial charge in [-0.05, 0) is 11.1 Å². The van der Waals surface area contributed by atoms with E-state index in [2.05, 4.69) is 0 Å². The van der Waals surface area contributed by atoms with Crippen LogP contribution in [0, 0.1) is 0 Å². The molecule has 4 nitrogen and oxygen atoms in total. The van der Waals surface area contributed by atoms with E-state index >= 15 is 0 Å². The Labute approximate surface area is 130 Å². The number of hydrogen-bond donors (Lipinski definition) is 0. The molecule has 0 N–H and O–H groups in total. The van der Waals surface area contributed by atoms with Gasteiger partial charge < -0.3 is 9.47 Å². The van der Waals surface area contributed by atoms with Crippen molar-refractivity contribution in [1.82, 2.24) is 0 Å². The van der Waals surface area contributed by atoms with E-state index in [-0.39, 0.29) is 12.1 Å². The molecule has 0 saturated heterocycles. The molecule has 22 heavy (non-hydrogen) atoms. The molecule has 0 saturated carbocycles. The highest BCUT2D eigenvalue weighted by atomic mass is 16.5. The molecule has 0 unspecified atom stereocenters. The largest absolute Gasteiger partial charge is 0.482 e. The Morgan fingerprint density at radius 2 is 1.00 bits per heavy atom. The maximum Gasteiger partial charge on any atom is 0.214 e.